The number of piperazine rings is 1. The van der Waals surface area contributed by atoms with Gasteiger partial charge in [0.15, 0.2) is 17.3 Å². The number of halogens is 1. The molecule has 1 unspecified atom stereocenters. The number of rotatable bonds is 9. The predicted octanol–water partition coefficient (Wildman–Crippen LogP) is 6.11. The van der Waals surface area contributed by atoms with Gasteiger partial charge in [-0.15, -0.1) is 0 Å². The Labute approximate surface area is 230 Å². The molecule has 0 spiro atoms. The molecule has 2 aromatic carbocycles. The predicted molar refractivity (Wildman–Crippen MR) is 152 cm³/mol. The number of amides is 1. The summed E-state index contributed by atoms with van der Waals surface area (Å²) in [5.74, 6) is 0.361. The second-order valence-corrected chi connectivity index (χ2v) is 10.6. The van der Waals surface area contributed by atoms with Crippen LogP contribution in [0.5, 0.6) is 11.5 Å². The lowest BCUT2D eigenvalue weighted by molar-refractivity contribution is -0.115. The van der Waals surface area contributed by atoms with Gasteiger partial charge in [0.05, 0.1) is 13.2 Å². The van der Waals surface area contributed by atoms with Crippen molar-refractivity contribution in [3.63, 3.8) is 0 Å². The topological polar surface area (TPSA) is 68.3 Å². The molecule has 0 aromatic heterocycles. The van der Waals surface area contributed by atoms with E-state index in [4.69, 9.17) is 14.2 Å². The lowest BCUT2D eigenvalue weighted by Gasteiger charge is -2.42. The normalized spacial score (nSPS) is 15.8. The molecule has 1 aliphatic heterocycles. The summed E-state index contributed by atoms with van der Waals surface area (Å²) in [6.45, 7) is 14.8. The standard InChI is InChI=1S/C31H39FN2O5/c1-8-17-38-28-14-10-23(21(2)22(28)3)9-12-26(35)18-25-20-33(24-11-13-27(32)29(19-24)37-7)15-16-34(25)30(36)39-31(4,5)6/h8-14,19,25H,1,15-18,20H2,2-7H3/b12-9+. The highest BCUT2D eigenvalue weighted by Crippen LogP contribution is 2.28. The zero-order chi connectivity index (χ0) is 28.7. The largest absolute Gasteiger partial charge is 0.494 e. The van der Waals surface area contributed by atoms with Crippen molar-refractivity contribution >= 4 is 23.6 Å². The maximum absolute atomic E-state index is 14.0. The van der Waals surface area contributed by atoms with Crippen LogP contribution in [0, 0.1) is 19.7 Å². The molecule has 1 atom stereocenters. The van der Waals surface area contributed by atoms with Crippen molar-refractivity contribution in [3.05, 3.63) is 71.6 Å². The van der Waals surface area contributed by atoms with Crippen LogP contribution in [0.2, 0.25) is 0 Å². The zero-order valence-electron chi connectivity index (χ0n) is 23.8. The highest BCUT2D eigenvalue weighted by molar-refractivity contribution is 5.94. The number of carbonyl (C=O) groups excluding carboxylic acids is 2. The quantitative estimate of drug-likeness (QED) is 0.283. The first-order valence-electron chi connectivity index (χ1n) is 13.1. The molecule has 1 fully saturated rings. The number of hydrogen-bond acceptors (Lipinski definition) is 6. The van der Waals surface area contributed by atoms with E-state index in [1.54, 1.807) is 35.3 Å². The Bertz CT molecular complexity index is 1230. The number of ether oxygens (including phenoxy) is 3. The molecule has 0 radical (unpaired) electrons. The smallest absolute Gasteiger partial charge is 0.410 e. The first-order valence-corrected chi connectivity index (χ1v) is 13.1. The van der Waals surface area contributed by atoms with Crippen LogP contribution >= 0.6 is 0 Å². The third kappa shape index (κ3) is 7.85. The van der Waals surface area contributed by atoms with Gasteiger partial charge in [0.1, 0.15) is 18.0 Å². The van der Waals surface area contributed by atoms with Crippen molar-refractivity contribution in [3.8, 4) is 11.5 Å². The van der Waals surface area contributed by atoms with E-state index in [0.717, 1.165) is 28.1 Å². The molecule has 210 valence electrons. The van der Waals surface area contributed by atoms with E-state index >= 15 is 0 Å². The molecule has 0 N–H and O–H groups in total. The highest BCUT2D eigenvalue weighted by Gasteiger charge is 2.34. The van der Waals surface area contributed by atoms with E-state index in [-0.39, 0.29) is 18.0 Å². The van der Waals surface area contributed by atoms with Crippen LogP contribution in [0.15, 0.2) is 49.1 Å². The van der Waals surface area contributed by atoms with Crippen molar-refractivity contribution in [2.24, 2.45) is 0 Å². The average Bonchev–Trinajstić information content (AvgIpc) is 2.88. The van der Waals surface area contributed by atoms with Gasteiger partial charge in [-0.25, -0.2) is 9.18 Å². The minimum atomic E-state index is -0.663. The fraction of sp³-hybridized carbons (Fsp3) is 0.419. The molecule has 2 aromatic rings. The van der Waals surface area contributed by atoms with Crippen LogP contribution in [0.3, 0.4) is 0 Å². The first-order chi connectivity index (χ1) is 18.4. The number of allylic oxidation sites excluding steroid dienone is 1. The van der Waals surface area contributed by atoms with Crippen molar-refractivity contribution in [1.82, 2.24) is 4.90 Å². The van der Waals surface area contributed by atoms with Gasteiger partial charge in [-0.05, 0) is 75.6 Å². The molecule has 0 aliphatic carbocycles. The van der Waals surface area contributed by atoms with Crippen molar-refractivity contribution in [1.29, 1.82) is 0 Å². The maximum Gasteiger partial charge on any atom is 0.410 e. The van der Waals surface area contributed by atoms with E-state index < -0.39 is 23.6 Å². The zero-order valence-corrected chi connectivity index (χ0v) is 23.8. The number of anilines is 1. The van der Waals surface area contributed by atoms with Gasteiger partial charge in [0, 0.05) is 37.8 Å². The van der Waals surface area contributed by atoms with E-state index in [0.29, 0.717) is 26.2 Å². The summed E-state index contributed by atoms with van der Waals surface area (Å²) in [5.41, 5.74) is 3.03. The van der Waals surface area contributed by atoms with Crippen LogP contribution in [0.4, 0.5) is 14.9 Å². The summed E-state index contributed by atoms with van der Waals surface area (Å²) in [6.07, 6.45) is 4.70. The maximum atomic E-state index is 14.0. The second kappa shape index (κ2) is 12.8. The molecule has 39 heavy (non-hydrogen) atoms. The minimum absolute atomic E-state index is 0.114. The van der Waals surface area contributed by atoms with Gasteiger partial charge in [0.2, 0.25) is 0 Å². The fourth-order valence-corrected chi connectivity index (χ4v) is 4.46. The van der Waals surface area contributed by atoms with Gasteiger partial charge < -0.3 is 24.0 Å². The van der Waals surface area contributed by atoms with Crippen molar-refractivity contribution in [2.45, 2.75) is 52.7 Å². The monoisotopic (exact) mass is 538 g/mol. The highest BCUT2D eigenvalue weighted by atomic mass is 19.1. The van der Waals surface area contributed by atoms with Crippen molar-refractivity contribution < 1.29 is 28.2 Å². The molecular formula is C31H39FN2O5. The molecule has 1 amide bonds. The third-order valence-electron chi connectivity index (χ3n) is 6.63. The Morgan fingerprint density at radius 2 is 1.85 bits per heavy atom. The number of hydrogen-bond donors (Lipinski definition) is 0. The molecule has 1 heterocycles. The molecule has 0 saturated carbocycles. The van der Waals surface area contributed by atoms with Gasteiger partial charge in [0.25, 0.3) is 0 Å². The summed E-state index contributed by atoms with van der Waals surface area (Å²) in [4.78, 5) is 29.8. The van der Waals surface area contributed by atoms with E-state index in [9.17, 15) is 14.0 Å². The number of nitrogens with zero attached hydrogens (tertiary/aromatic N) is 2. The third-order valence-corrected chi connectivity index (χ3v) is 6.63. The summed E-state index contributed by atoms with van der Waals surface area (Å²) < 4.78 is 30.5. The van der Waals surface area contributed by atoms with Crippen molar-refractivity contribution in [2.75, 3.05) is 38.3 Å². The molecule has 1 aliphatic rings. The second-order valence-electron chi connectivity index (χ2n) is 10.6. The van der Waals surface area contributed by atoms with Crippen LogP contribution in [-0.2, 0) is 9.53 Å². The first kappa shape index (κ1) is 29.7. The molecule has 0 bridgehead atoms. The van der Waals surface area contributed by atoms with Gasteiger partial charge in [-0.2, -0.15) is 0 Å². The van der Waals surface area contributed by atoms with Gasteiger partial charge in [-0.3, -0.25) is 4.79 Å². The van der Waals surface area contributed by atoms with Crippen LogP contribution < -0.4 is 14.4 Å². The molecular weight excluding hydrogens is 499 g/mol. The Kier molecular flexibility index (Phi) is 9.78. The lowest BCUT2D eigenvalue weighted by atomic mass is 10.0. The van der Waals surface area contributed by atoms with E-state index in [2.05, 4.69) is 6.58 Å². The van der Waals surface area contributed by atoms with Crippen LogP contribution in [-0.4, -0.2) is 61.8 Å². The molecule has 3 rings (SSSR count). The Hall–Kier alpha value is -3.81. The SMILES string of the molecule is C=CCOc1ccc(/C=C/C(=O)CC2CN(c3ccc(F)c(OC)c3)CCN2C(=O)OC(C)(C)C)c(C)c1C. The van der Waals surface area contributed by atoms with E-state index in [1.807, 2.05) is 51.7 Å². The Morgan fingerprint density at radius 1 is 1.10 bits per heavy atom. The minimum Gasteiger partial charge on any atom is -0.494 e. The number of methoxy groups -OCH3 is 1. The number of carbonyl (C=O) groups is 2. The van der Waals surface area contributed by atoms with Crippen LogP contribution in [0.25, 0.3) is 6.08 Å². The average molecular weight is 539 g/mol. The lowest BCUT2D eigenvalue weighted by Crippen LogP contribution is -2.56. The summed E-state index contributed by atoms with van der Waals surface area (Å²) in [7, 11) is 1.42. The number of ketones is 1. The van der Waals surface area contributed by atoms with E-state index in [1.165, 1.54) is 13.2 Å². The summed E-state index contributed by atoms with van der Waals surface area (Å²) >= 11 is 0. The molecule has 1 saturated heterocycles. The summed E-state index contributed by atoms with van der Waals surface area (Å²) in [6, 6.07) is 8.03. The summed E-state index contributed by atoms with van der Waals surface area (Å²) in [5, 5.41) is 0. The molecule has 8 heteroatoms. The Balaban J connectivity index is 1.80. The molecule has 7 nitrogen and oxygen atoms in total. The number of benzene rings is 2. The van der Waals surface area contributed by atoms with Gasteiger partial charge in [-0.1, -0.05) is 24.8 Å². The van der Waals surface area contributed by atoms with Crippen LogP contribution in [0.1, 0.15) is 43.9 Å². The Morgan fingerprint density at radius 3 is 2.51 bits per heavy atom. The van der Waals surface area contributed by atoms with Gasteiger partial charge >= 0.3 is 6.09 Å². The fourth-order valence-electron chi connectivity index (χ4n) is 4.46.